The number of nitrogens with one attached hydrogen (secondary N) is 1. The lowest BCUT2D eigenvalue weighted by Gasteiger charge is -2.36. The van der Waals surface area contributed by atoms with Crippen LogP contribution in [0.25, 0.3) is 28.3 Å². The van der Waals surface area contributed by atoms with E-state index in [0.29, 0.717) is 5.96 Å². The van der Waals surface area contributed by atoms with Gasteiger partial charge >= 0.3 is 0 Å². The van der Waals surface area contributed by atoms with E-state index in [1.807, 2.05) is 36.4 Å². The van der Waals surface area contributed by atoms with Crippen molar-refractivity contribution in [3.05, 3.63) is 215 Å². The molecule has 0 radical (unpaired) electrons. The molecule has 4 heteroatoms. The number of benzene rings is 6. The van der Waals surface area contributed by atoms with Gasteiger partial charge in [-0.2, -0.15) is 0 Å². The second-order valence-corrected chi connectivity index (χ2v) is 13.4. The maximum Gasteiger partial charge on any atom is 0.197 e. The lowest BCUT2D eigenvalue weighted by atomic mass is 9.77. The van der Waals surface area contributed by atoms with E-state index in [-0.39, 0.29) is 18.0 Å². The van der Waals surface area contributed by atoms with Gasteiger partial charge in [0.2, 0.25) is 0 Å². The molecule has 3 aliphatic rings. The average Bonchev–Trinajstić information content (AvgIpc) is 3.57. The van der Waals surface area contributed by atoms with E-state index in [0.717, 1.165) is 44.9 Å². The van der Waals surface area contributed by atoms with E-state index in [9.17, 15) is 0 Å². The summed E-state index contributed by atoms with van der Waals surface area (Å²) in [7, 11) is 0. The summed E-state index contributed by atoms with van der Waals surface area (Å²) in [6, 6.07) is 52.6. The van der Waals surface area contributed by atoms with Crippen molar-refractivity contribution in [1.29, 1.82) is 0 Å². The maximum atomic E-state index is 7.42. The van der Waals surface area contributed by atoms with Crippen molar-refractivity contribution in [3.63, 3.8) is 0 Å². The third-order valence-electron chi connectivity index (χ3n) is 10.5. The van der Waals surface area contributed by atoms with Gasteiger partial charge in [0.25, 0.3) is 0 Å². The fourth-order valence-corrected chi connectivity index (χ4v) is 8.14. The summed E-state index contributed by atoms with van der Waals surface area (Å²) in [5.41, 5.74) is 19.6. The number of allylic oxidation sites excluding steroid dienone is 3. The van der Waals surface area contributed by atoms with Crippen LogP contribution in [0, 0.1) is 5.92 Å². The highest BCUT2D eigenvalue weighted by atomic mass is 15.3. The van der Waals surface area contributed by atoms with E-state index in [2.05, 4.69) is 162 Å². The summed E-state index contributed by atoms with van der Waals surface area (Å²) in [4.78, 5) is 7.76. The molecule has 9 rings (SSSR count). The van der Waals surface area contributed by atoms with Gasteiger partial charge in [0.05, 0.1) is 11.7 Å². The van der Waals surface area contributed by atoms with Crippen molar-refractivity contribution in [3.8, 4) is 11.1 Å². The first-order chi connectivity index (χ1) is 25.7. The van der Waals surface area contributed by atoms with Gasteiger partial charge in [-0.25, -0.2) is 4.99 Å². The average molecular weight is 671 g/mol. The fraction of sp³-hybridized carbons (Fsp3) is 0.0625. The van der Waals surface area contributed by atoms with Crippen LogP contribution >= 0.6 is 0 Å². The summed E-state index contributed by atoms with van der Waals surface area (Å²) < 4.78 is 0. The van der Waals surface area contributed by atoms with Crippen LogP contribution in [0.15, 0.2) is 188 Å². The molecule has 0 spiro atoms. The third-order valence-corrected chi connectivity index (χ3v) is 10.5. The molecule has 6 aromatic rings. The van der Waals surface area contributed by atoms with Crippen molar-refractivity contribution in [2.24, 2.45) is 16.6 Å². The highest BCUT2D eigenvalue weighted by molar-refractivity contribution is 6.10. The molecule has 3 atom stereocenters. The number of hydrogen-bond donors (Lipinski definition) is 2. The minimum Gasteiger partial charge on any atom is -0.369 e. The number of para-hydroxylation sites is 1. The minimum atomic E-state index is -0.322. The van der Waals surface area contributed by atoms with Crippen LogP contribution in [-0.4, -0.2) is 12.0 Å². The monoisotopic (exact) mass is 670 g/mol. The van der Waals surface area contributed by atoms with Crippen LogP contribution in [0.1, 0.15) is 28.3 Å². The van der Waals surface area contributed by atoms with Gasteiger partial charge in [-0.05, 0) is 62.0 Å². The molecule has 0 aromatic heterocycles. The molecule has 1 heterocycles. The molecule has 1 aliphatic heterocycles. The second-order valence-electron chi connectivity index (χ2n) is 13.4. The Morgan fingerprint density at radius 3 is 2.06 bits per heavy atom. The number of hydrogen-bond acceptors (Lipinski definition) is 2. The summed E-state index contributed by atoms with van der Waals surface area (Å²) >= 11 is 0. The van der Waals surface area contributed by atoms with Gasteiger partial charge in [0.15, 0.2) is 5.96 Å². The summed E-state index contributed by atoms with van der Waals surface area (Å²) in [5.74, 6) is 0.531. The Hall–Kier alpha value is -6.65. The van der Waals surface area contributed by atoms with Crippen molar-refractivity contribution in [2.45, 2.75) is 12.1 Å². The number of aliphatic imine (C=N–C) groups is 1. The van der Waals surface area contributed by atoms with Crippen LogP contribution in [0.3, 0.4) is 0 Å². The molecule has 0 bridgehead atoms. The molecule has 250 valence electrons. The first-order valence-electron chi connectivity index (χ1n) is 17.8. The Morgan fingerprint density at radius 1 is 0.692 bits per heavy atom. The van der Waals surface area contributed by atoms with Crippen molar-refractivity contribution >= 4 is 40.2 Å². The highest BCUT2D eigenvalue weighted by Crippen LogP contribution is 2.50. The van der Waals surface area contributed by atoms with Crippen molar-refractivity contribution < 1.29 is 0 Å². The number of anilines is 3. The Bertz CT molecular complexity index is 2510. The Morgan fingerprint density at radius 2 is 1.33 bits per heavy atom. The van der Waals surface area contributed by atoms with Gasteiger partial charge in [0.1, 0.15) is 6.04 Å². The van der Waals surface area contributed by atoms with Crippen LogP contribution in [-0.2, 0) is 0 Å². The Kier molecular flexibility index (Phi) is 7.98. The van der Waals surface area contributed by atoms with E-state index in [1.165, 1.54) is 27.1 Å². The van der Waals surface area contributed by atoms with Gasteiger partial charge in [-0.1, -0.05) is 170 Å². The van der Waals surface area contributed by atoms with Crippen LogP contribution in [0.4, 0.5) is 17.1 Å². The predicted octanol–water partition coefficient (Wildman–Crippen LogP) is 9.14. The van der Waals surface area contributed by atoms with Gasteiger partial charge in [0, 0.05) is 28.4 Å². The molecule has 0 fully saturated rings. The van der Waals surface area contributed by atoms with Crippen LogP contribution < -0.4 is 26.4 Å². The number of rotatable bonds is 7. The molecular weight excluding hydrogens is 633 g/mol. The smallest absolute Gasteiger partial charge is 0.197 e. The first-order valence-corrected chi connectivity index (χ1v) is 17.8. The molecule has 3 N–H and O–H groups in total. The summed E-state index contributed by atoms with van der Waals surface area (Å²) in [5, 5.41) is 6.15. The second kappa shape index (κ2) is 13.2. The number of nitrogens with zero attached hydrogens (tertiary/aromatic N) is 2. The number of fused-ring (bicyclic) bond motifs is 6. The first kappa shape index (κ1) is 31.3. The standard InChI is InChI=1S/C48H38N4/c1-2-37-43(50-36-20-10-5-11-21-36)31-30-42-44-40-24-14-12-22-38(40)39-23-13-15-25-41(39)47(44)52(46(37)42)48(49)51-45(34-18-8-4-9-19-34)35-28-26-33(27-29-35)32-16-6-3-7-17-32/h2-31,41,45,47,50H,1H2,(H2,49,51). The quantitative estimate of drug-likeness (QED) is 0.132. The summed E-state index contributed by atoms with van der Waals surface area (Å²) in [6.07, 6.45) is 10.8. The zero-order valence-corrected chi connectivity index (χ0v) is 28.7. The van der Waals surface area contributed by atoms with Gasteiger partial charge in [-0.3, -0.25) is 0 Å². The highest BCUT2D eigenvalue weighted by Gasteiger charge is 2.45. The van der Waals surface area contributed by atoms with Crippen molar-refractivity contribution in [1.82, 2.24) is 0 Å². The van der Waals surface area contributed by atoms with Gasteiger partial charge in [-0.15, -0.1) is 0 Å². The molecule has 52 heavy (non-hydrogen) atoms. The normalized spacial score (nSPS) is 17.5. The van der Waals surface area contributed by atoms with Gasteiger partial charge < -0.3 is 16.0 Å². The SMILES string of the molecule is C=Cc1c(Nc2ccccc2)ccc2c1N(C(N)=NC(c1ccccc1)c1ccc(-c3ccccc3)cc1)C1C2=c2ccccc2=C2C=CC=CC21. The molecule has 0 saturated heterocycles. The summed E-state index contributed by atoms with van der Waals surface area (Å²) in [6.45, 7) is 4.35. The molecule has 4 nitrogen and oxygen atoms in total. The molecule has 2 aliphatic carbocycles. The Balaban J connectivity index is 1.25. The zero-order chi connectivity index (χ0) is 35.0. The van der Waals surface area contributed by atoms with Crippen molar-refractivity contribution in [2.75, 3.05) is 10.2 Å². The molecule has 0 amide bonds. The Labute approximate surface area is 304 Å². The number of guanidine groups is 1. The van der Waals surface area contributed by atoms with E-state index in [4.69, 9.17) is 10.7 Å². The topological polar surface area (TPSA) is 53.6 Å². The van der Waals surface area contributed by atoms with E-state index in [1.54, 1.807) is 0 Å². The molecule has 0 saturated carbocycles. The maximum absolute atomic E-state index is 7.42. The molecule has 3 unspecified atom stereocenters. The van der Waals surface area contributed by atoms with Crippen LogP contribution in [0.5, 0.6) is 0 Å². The molecule has 6 aromatic carbocycles. The van der Waals surface area contributed by atoms with E-state index >= 15 is 0 Å². The van der Waals surface area contributed by atoms with Crippen LogP contribution in [0.2, 0.25) is 0 Å². The zero-order valence-electron chi connectivity index (χ0n) is 28.7. The largest absolute Gasteiger partial charge is 0.369 e. The lowest BCUT2D eigenvalue weighted by molar-refractivity contribution is 0.707. The molecular formula is C48H38N4. The predicted molar refractivity (Wildman–Crippen MR) is 218 cm³/mol. The fourth-order valence-electron chi connectivity index (χ4n) is 8.14. The number of nitrogens with two attached hydrogens (primary N) is 1. The lowest BCUT2D eigenvalue weighted by Crippen LogP contribution is -2.51. The van der Waals surface area contributed by atoms with E-state index < -0.39 is 0 Å². The minimum absolute atomic E-state index is 0.0691. The third kappa shape index (κ3) is 5.37.